The molecular formula is C18H28N4O2. The Kier molecular flexibility index (Phi) is 6.61. The molecule has 0 aromatic heterocycles. The molecule has 1 aromatic rings. The van der Waals surface area contributed by atoms with Crippen molar-refractivity contribution in [3.8, 4) is 0 Å². The molecule has 2 unspecified atom stereocenters. The minimum atomic E-state index is -0.629. The van der Waals surface area contributed by atoms with Gasteiger partial charge in [0.15, 0.2) is 0 Å². The summed E-state index contributed by atoms with van der Waals surface area (Å²) in [6.07, 6.45) is 3.85. The van der Waals surface area contributed by atoms with E-state index >= 15 is 0 Å². The lowest BCUT2D eigenvalue weighted by Crippen LogP contribution is -2.48. The van der Waals surface area contributed by atoms with Gasteiger partial charge in [-0.05, 0) is 44.4 Å². The van der Waals surface area contributed by atoms with Gasteiger partial charge in [-0.2, -0.15) is 0 Å². The van der Waals surface area contributed by atoms with Gasteiger partial charge in [-0.15, -0.1) is 0 Å². The number of nitrogens with two attached hydrogens (primary N) is 1. The fourth-order valence-corrected chi connectivity index (χ4v) is 2.83. The highest BCUT2D eigenvalue weighted by molar-refractivity contribution is 5.97. The first-order valence-corrected chi connectivity index (χ1v) is 8.73. The van der Waals surface area contributed by atoms with E-state index < -0.39 is 12.1 Å². The summed E-state index contributed by atoms with van der Waals surface area (Å²) in [7, 11) is 0. The molecule has 0 spiro atoms. The molecule has 6 heteroatoms. The summed E-state index contributed by atoms with van der Waals surface area (Å²) in [5.41, 5.74) is 7.63. The average Bonchev–Trinajstić information content (AvgIpc) is 3.09. The van der Waals surface area contributed by atoms with Crippen molar-refractivity contribution in [2.24, 2.45) is 5.73 Å². The van der Waals surface area contributed by atoms with E-state index in [4.69, 9.17) is 5.73 Å². The topological polar surface area (TPSA) is 87.5 Å². The van der Waals surface area contributed by atoms with Crippen LogP contribution in [0.3, 0.4) is 0 Å². The number of nitrogens with zero attached hydrogens (tertiary/aromatic N) is 1. The maximum absolute atomic E-state index is 12.3. The monoisotopic (exact) mass is 332 g/mol. The first kappa shape index (κ1) is 18.3. The Bertz CT molecular complexity index is 570. The van der Waals surface area contributed by atoms with Crippen LogP contribution in [0.4, 0.5) is 11.4 Å². The van der Waals surface area contributed by atoms with Crippen molar-refractivity contribution in [3.05, 3.63) is 24.3 Å². The minimum Gasteiger partial charge on any atom is -0.371 e. The van der Waals surface area contributed by atoms with Crippen molar-refractivity contribution in [3.63, 3.8) is 0 Å². The third-order valence-corrected chi connectivity index (χ3v) is 4.27. The van der Waals surface area contributed by atoms with Crippen molar-refractivity contribution in [1.82, 2.24) is 5.32 Å². The normalized spacial score (nSPS) is 16.5. The summed E-state index contributed by atoms with van der Waals surface area (Å²) in [6.45, 7) is 5.74. The molecule has 1 saturated heterocycles. The van der Waals surface area contributed by atoms with Crippen LogP contribution in [0.1, 0.15) is 39.5 Å². The smallest absolute Gasteiger partial charge is 0.246 e. The second-order valence-corrected chi connectivity index (χ2v) is 6.36. The highest BCUT2D eigenvalue weighted by atomic mass is 16.2. The molecule has 0 radical (unpaired) electrons. The van der Waals surface area contributed by atoms with E-state index in [2.05, 4.69) is 21.6 Å². The molecule has 1 fully saturated rings. The molecule has 1 heterocycles. The summed E-state index contributed by atoms with van der Waals surface area (Å²) in [5.74, 6) is -0.532. The predicted octanol–water partition coefficient (Wildman–Crippen LogP) is 1.86. The van der Waals surface area contributed by atoms with E-state index in [9.17, 15) is 9.59 Å². The van der Waals surface area contributed by atoms with Gasteiger partial charge in [0.2, 0.25) is 11.8 Å². The van der Waals surface area contributed by atoms with Gasteiger partial charge in [0.05, 0.1) is 6.04 Å². The third kappa shape index (κ3) is 4.96. The van der Waals surface area contributed by atoms with E-state index in [1.807, 2.05) is 25.1 Å². The van der Waals surface area contributed by atoms with Gasteiger partial charge in [0.25, 0.3) is 0 Å². The maximum Gasteiger partial charge on any atom is 0.246 e. The second-order valence-electron chi connectivity index (χ2n) is 6.36. The van der Waals surface area contributed by atoms with Gasteiger partial charge in [-0.3, -0.25) is 9.59 Å². The number of carbonyl (C=O) groups excluding carboxylic acids is 2. The quantitative estimate of drug-likeness (QED) is 0.711. The van der Waals surface area contributed by atoms with Crippen LogP contribution in [0.2, 0.25) is 0 Å². The molecule has 132 valence electrons. The highest BCUT2D eigenvalue weighted by Gasteiger charge is 2.20. The van der Waals surface area contributed by atoms with Crippen LogP contribution in [0.15, 0.2) is 24.3 Å². The van der Waals surface area contributed by atoms with E-state index in [1.54, 1.807) is 6.92 Å². The number of rotatable bonds is 7. The first-order chi connectivity index (χ1) is 11.5. The maximum atomic E-state index is 12.3. The van der Waals surface area contributed by atoms with Gasteiger partial charge in [-0.25, -0.2) is 0 Å². The SMILES string of the molecule is CCCC(N)C(=O)NC(C)C(=O)Nc1cccc(N2CCCC2)c1. The molecule has 1 aromatic carbocycles. The van der Waals surface area contributed by atoms with Crippen molar-refractivity contribution < 1.29 is 9.59 Å². The lowest BCUT2D eigenvalue weighted by atomic mass is 10.1. The molecule has 24 heavy (non-hydrogen) atoms. The Hall–Kier alpha value is -2.08. The number of carbonyl (C=O) groups is 2. The standard InChI is InChI=1S/C18H28N4O2/c1-3-7-16(19)18(24)20-13(2)17(23)21-14-8-6-9-15(12-14)22-10-4-5-11-22/h6,8-9,12-13,16H,3-5,7,10-11,19H2,1-2H3,(H,20,24)(H,21,23). The zero-order valence-electron chi connectivity index (χ0n) is 14.5. The second kappa shape index (κ2) is 8.68. The van der Waals surface area contributed by atoms with Gasteiger partial charge < -0.3 is 21.3 Å². The molecule has 0 bridgehead atoms. The lowest BCUT2D eigenvalue weighted by Gasteiger charge is -2.20. The van der Waals surface area contributed by atoms with Crippen LogP contribution in [0.25, 0.3) is 0 Å². The largest absolute Gasteiger partial charge is 0.371 e. The molecule has 4 N–H and O–H groups in total. The Morgan fingerprint density at radius 3 is 2.62 bits per heavy atom. The minimum absolute atomic E-state index is 0.245. The summed E-state index contributed by atoms with van der Waals surface area (Å²) < 4.78 is 0. The average molecular weight is 332 g/mol. The lowest BCUT2D eigenvalue weighted by molar-refractivity contribution is -0.127. The van der Waals surface area contributed by atoms with Crippen LogP contribution in [0, 0.1) is 0 Å². The van der Waals surface area contributed by atoms with Crippen molar-refractivity contribution in [2.45, 2.75) is 51.6 Å². The van der Waals surface area contributed by atoms with Crippen LogP contribution < -0.4 is 21.3 Å². The zero-order valence-corrected chi connectivity index (χ0v) is 14.5. The highest BCUT2D eigenvalue weighted by Crippen LogP contribution is 2.23. The van der Waals surface area contributed by atoms with Crippen LogP contribution >= 0.6 is 0 Å². The molecule has 6 nitrogen and oxygen atoms in total. The number of benzene rings is 1. The molecule has 1 aliphatic rings. The van der Waals surface area contributed by atoms with Crippen LogP contribution in [-0.2, 0) is 9.59 Å². The Morgan fingerprint density at radius 2 is 1.96 bits per heavy atom. The summed E-state index contributed by atoms with van der Waals surface area (Å²) in [5, 5.41) is 5.53. The molecule has 0 saturated carbocycles. The predicted molar refractivity (Wildman–Crippen MR) is 97.0 cm³/mol. The fraction of sp³-hybridized carbons (Fsp3) is 0.556. The van der Waals surface area contributed by atoms with Crippen LogP contribution in [-0.4, -0.2) is 37.0 Å². The Labute approximate surface area is 143 Å². The summed E-state index contributed by atoms with van der Waals surface area (Å²) in [4.78, 5) is 26.5. The van der Waals surface area contributed by atoms with E-state index in [1.165, 1.54) is 12.8 Å². The molecule has 2 rings (SSSR count). The number of amides is 2. The Balaban J connectivity index is 1.91. The first-order valence-electron chi connectivity index (χ1n) is 8.73. The van der Waals surface area contributed by atoms with Gasteiger partial charge in [-0.1, -0.05) is 19.4 Å². The molecule has 2 amide bonds. The molecular weight excluding hydrogens is 304 g/mol. The van der Waals surface area contributed by atoms with Gasteiger partial charge in [0, 0.05) is 24.5 Å². The van der Waals surface area contributed by atoms with Crippen molar-refractivity contribution in [1.29, 1.82) is 0 Å². The number of hydrogen-bond donors (Lipinski definition) is 3. The van der Waals surface area contributed by atoms with E-state index in [0.29, 0.717) is 6.42 Å². The fourth-order valence-electron chi connectivity index (χ4n) is 2.83. The molecule has 2 atom stereocenters. The van der Waals surface area contributed by atoms with Crippen LogP contribution in [0.5, 0.6) is 0 Å². The number of hydrogen-bond acceptors (Lipinski definition) is 4. The molecule has 1 aliphatic heterocycles. The van der Waals surface area contributed by atoms with Gasteiger partial charge in [0.1, 0.15) is 6.04 Å². The van der Waals surface area contributed by atoms with Crippen molar-refractivity contribution >= 4 is 23.2 Å². The van der Waals surface area contributed by atoms with Gasteiger partial charge >= 0.3 is 0 Å². The van der Waals surface area contributed by atoms with E-state index in [-0.39, 0.29) is 11.8 Å². The Morgan fingerprint density at radius 1 is 1.25 bits per heavy atom. The van der Waals surface area contributed by atoms with Crippen molar-refractivity contribution in [2.75, 3.05) is 23.3 Å². The number of nitrogens with one attached hydrogen (secondary N) is 2. The zero-order chi connectivity index (χ0) is 17.5. The third-order valence-electron chi connectivity index (χ3n) is 4.27. The summed E-state index contributed by atoms with van der Waals surface area (Å²) >= 11 is 0. The number of anilines is 2. The van der Waals surface area contributed by atoms with E-state index in [0.717, 1.165) is 30.9 Å². The molecule has 0 aliphatic carbocycles. The summed E-state index contributed by atoms with van der Waals surface area (Å²) in [6, 6.07) is 6.62.